The minimum absolute atomic E-state index is 0.307. The van der Waals surface area contributed by atoms with Gasteiger partial charge in [-0.2, -0.15) is 0 Å². The van der Waals surface area contributed by atoms with Gasteiger partial charge in [-0.25, -0.2) is 0 Å². The van der Waals surface area contributed by atoms with Crippen molar-refractivity contribution in [2.24, 2.45) is 0 Å². The van der Waals surface area contributed by atoms with Crippen LogP contribution in [0.5, 0.6) is 5.75 Å². The van der Waals surface area contributed by atoms with E-state index in [-0.39, 0.29) is 0 Å². The molecule has 0 amide bonds. The zero-order valence-electron chi connectivity index (χ0n) is 11.2. The summed E-state index contributed by atoms with van der Waals surface area (Å²) >= 11 is 6.21. The van der Waals surface area contributed by atoms with Crippen LogP contribution in [0.25, 0.3) is 0 Å². The van der Waals surface area contributed by atoms with E-state index in [1.807, 2.05) is 19.2 Å². The first-order chi connectivity index (χ1) is 9.28. The lowest BCUT2D eigenvalue weighted by molar-refractivity contribution is 0.0806. The average Bonchev–Trinajstić information content (AvgIpc) is 3.05. The van der Waals surface area contributed by atoms with Crippen molar-refractivity contribution < 1.29 is 9.47 Å². The van der Waals surface area contributed by atoms with Gasteiger partial charge in [-0.1, -0.05) is 11.6 Å². The minimum atomic E-state index is 0.307. The second-order valence-corrected chi connectivity index (χ2v) is 5.74. The van der Waals surface area contributed by atoms with Crippen LogP contribution in [0.3, 0.4) is 0 Å². The molecule has 4 heteroatoms. The molecular weight excluding hydrogens is 262 g/mol. The number of fused-ring (bicyclic) bond motifs is 1. The Bertz CT molecular complexity index is 458. The summed E-state index contributed by atoms with van der Waals surface area (Å²) < 4.78 is 11.6. The number of nitrogens with one attached hydrogen (secondary N) is 1. The highest BCUT2D eigenvalue weighted by molar-refractivity contribution is 6.30. The van der Waals surface area contributed by atoms with Crippen molar-refractivity contribution in [2.75, 3.05) is 20.3 Å². The van der Waals surface area contributed by atoms with E-state index in [9.17, 15) is 0 Å². The van der Waals surface area contributed by atoms with Gasteiger partial charge in [0.1, 0.15) is 5.75 Å². The topological polar surface area (TPSA) is 30.5 Å². The first kappa shape index (κ1) is 13.2. The van der Waals surface area contributed by atoms with Crippen LogP contribution in [0.1, 0.15) is 24.0 Å². The van der Waals surface area contributed by atoms with Gasteiger partial charge in [-0.15, -0.1) is 0 Å². The summed E-state index contributed by atoms with van der Waals surface area (Å²) in [6.45, 7) is 1.65. The minimum Gasteiger partial charge on any atom is -0.493 e. The summed E-state index contributed by atoms with van der Waals surface area (Å²) in [5, 5.41) is 4.19. The summed E-state index contributed by atoms with van der Waals surface area (Å²) in [5.41, 5.74) is 2.44. The Morgan fingerprint density at radius 1 is 1.42 bits per heavy atom. The molecule has 0 bridgehead atoms. The number of ether oxygens (including phenoxy) is 2. The third-order valence-electron chi connectivity index (χ3n) is 4.05. The van der Waals surface area contributed by atoms with Crippen LogP contribution in [0.4, 0.5) is 0 Å². The number of benzene rings is 1. The molecule has 3 nitrogen and oxygen atoms in total. The molecular formula is C15H20ClNO2. The van der Waals surface area contributed by atoms with Crippen molar-refractivity contribution in [1.29, 1.82) is 0 Å². The van der Waals surface area contributed by atoms with Gasteiger partial charge in [0.2, 0.25) is 0 Å². The van der Waals surface area contributed by atoms with Crippen molar-refractivity contribution in [1.82, 2.24) is 5.32 Å². The Balaban J connectivity index is 1.81. The third-order valence-corrected chi connectivity index (χ3v) is 4.27. The van der Waals surface area contributed by atoms with E-state index in [2.05, 4.69) is 5.32 Å². The first-order valence-corrected chi connectivity index (χ1v) is 7.38. The summed E-state index contributed by atoms with van der Waals surface area (Å²) in [4.78, 5) is 0. The maximum Gasteiger partial charge on any atom is 0.125 e. The van der Waals surface area contributed by atoms with Gasteiger partial charge in [0.05, 0.1) is 12.7 Å². The molecule has 2 heterocycles. The quantitative estimate of drug-likeness (QED) is 0.920. The van der Waals surface area contributed by atoms with Crippen molar-refractivity contribution in [2.45, 2.75) is 37.8 Å². The van der Waals surface area contributed by atoms with Crippen LogP contribution < -0.4 is 10.1 Å². The molecule has 1 saturated heterocycles. The van der Waals surface area contributed by atoms with Crippen molar-refractivity contribution in [3.63, 3.8) is 0 Å². The molecule has 0 radical (unpaired) electrons. The Morgan fingerprint density at radius 2 is 2.32 bits per heavy atom. The van der Waals surface area contributed by atoms with Crippen molar-refractivity contribution in [3.05, 3.63) is 28.3 Å². The molecule has 0 saturated carbocycles. The Hall–Kier alpha value is -0.770. The lowest BCUT2D eigenvalue weighted by atomic mass is 9.97. The molecule has 19 heavy (non-hydrogen) atoms. The fraction of sp³-hybridized carbons (Fsp3) is 0.600. The Morgan fingerprint density at radius 3 is 3.05 bits per heavy atom. The SMILES string of the molecule is CNC(Cc1cc(Cl)cc2c1OCC2)C1CCCO1. The predicted molar refractivity (Wildman–Crippen MR) is 76.2 cm³/mol. The smallest absolute Gasteiger partial charge is 0.125 e. The number of hydrogen-bond donors (Lipinski definition) is 1. The summed E-state index contributed by atoms with van der Waals surface area (Å²) in [5.74, 6) is 1.04. The molecule has 2 aliphatic rings. The van der Waals surface area contributed by atoms with Crippen molar-refractivity contribution >= 4 is 11.6 Å². The molecule has 0 aliphatic carbocycles. The molecule has 2 atom stereocenters. The standard InChI is InChI=1S/C15H20ClNO2/c1-17-13(14-3-2-5-18-14)9-11-8-12(16)7-10-4-6-19-15(10)11/h7-8,13-14,17H,2-6,9H2,1H3. The van der Waals surface area contributed by atoms with E-state index in [0.29, 0.717) is 12.1 Å². The highest BCUT2D eigenvalue weighted by Gasteiger charge is 2.27. The van der Waals surface area contributed by atoms with E-state index in [0.717, 1.165) is 49.7 Å². The summed E-state index contributed by atoms with van der Waals surface area (Å²) in [6, 6.07) is 4.38. The van der Waals surface area contributed by atoms with E-state index in [1.54, 1.807) is 0 Å². The molecule has 1 aromatic rings. The van der Waals surface area contributed by atoms with E-state index in [4.69, 9.17) is 21.1 Å². The lowest BCUT2D eigenvalue weighted by Gasteiger charge is -2.23. The van der Waals surface area contributed by atoms with E-state index in [1.165, 1.54) is 11.1 Å². The molecule has 0 aromatic heterocycles. The zero-order chi connectivity index (χ0) is 13.2. The monoisotopic (exact) mass is 281 g/mol. The highest BCUT2D eigenvalue weighted by Crippen LogP contribution is 2.34. The number of likely N-dealkylation sites (N-methyl/N-ethyl adjacent to an activating group) is 1. The van der Waals surface area contributed by atoms with Crippen LogP contribution in [0.15, 0.2) is 12.1 Å². The highest BCUT2D eigenvalue weighted by atomic mass is 35.5. The molecule has 2 unspecified atom stereocenters. The number of halogens is 1. The molecule has 1 N–H and O–H groups in total. The van der Waals surface area contributed by atoms with Crippen LogP contribution in [0, 0.1) is 0 Å². The Kier molecular flexibility index (Phi) is 3.96. The first-order valence-electron chi connectivity index (χ1n) is 7.01. The molecule has 0 spiro atoms. The normalized spacial score (nSPS) is 23.2. The maximum absolute atomic E-state index is 6.21. The third kappa shape index (κ3) is 2.73. The zero-order valence-corrected chi connectivity index (χ0v) is 12.0. The lowest BCUT2D eigenvalue weighted by Crippen LogP contribution is -2.39. The molecule has 3 rings (SSSR count). The summed E-state index contributed by atoms with van der Waals surface area (Å²) in [6.07, 6.45) is 4.47. The molecule has 2 aliphatic heterocycles. The van der Waals surface area contributed by atoms with Gasteiger partial charge in [0, 0.05) is 24.1 Å². The Labute approximate surface area is 119 Å². The largest absolute Gasteiger partial charge is 0.493 e. The molecule has 104 valence electrons. The second kappa shape index (κ2) is 5.70. The average molecular weight is 282 g/mol. The molecule has 1 aromatic carbocycles. The van der Waals surface area contributed by atoms with Gasteiger partial charge in [0.15, 0.2) is 0 Å². The van der Waals surface area contributed by atoms with Crippen molar-refractivity contribution in [3.8, 4) is 5.75 Å². The second-order valence-electron chi connectivity index (χ2n) is 5.30. The van der Waals surface area contributed by atoms with Gasteiger partial charge < -0.3 is 14.8 Å². The van der Waals surface area contributed by atoms with Gasteiger partial charge >= 0.3 is 0 Å². The van der Waals surface area contributed by atoms with Crippen LogP contribution in [0.2, 0.25) is 5.02 Å². The fourth-order valence-electron chi connectivity index (χ4n) is 3.07. The van der Waals surface area contributed by atoms with Crippen LogP contribution in [-0.2, 0) is 17.6 Å². The fourth-order valence-corrected chi connectivity index (χ4v) is 3.34. The van der Waals surface area contributed by atoms with Crippen LogP contribution in [-0.4, -0.2) is 32.4 Å². The van der Waals surface area contributed by atoms with E-state index < -0.39 is 0 Å². The molecule has 1 fully saturated rings. The van der Waals surface area contributed by atoms with E-state index >= 15 is 0 Å². The van der Waals surface area contributed by atoms with Gasteiger partial charge in [0.25, 0.3) is 0 Å². The predicted octanol–water partition coefficient (Wildman–Crippen LogP) is 2.58. The maximum atomic E-state index is 6.21. The number of hydrogen-bond acceptors (Lipinski definition) is 3. The summed E-state index contributed by atoms with van der Waals surface area (Å²) in [7, 11) is 2.00. The number of rotatable bonds is 4. The van der Waals surface area contributed by atoms with Gasteiger partial charge in [-0.05, 0) is 49.6 Å². The van der Waals surface area contributed by atoms with Crippen LogP contribution >= 0.6 is 11.6 Å². The van der Waals surface area contributed by atoms with Gasteiger partial charge in [-0.3, -0.25) is 0 Å².